The predicted molar refractivity (Wildman–Crippen MR) is 112 cm³/mol. The summed E-state index contributed by atoms with van der Waals surface area (Å²) < 4.78 is 0. The summed E-state index contributed by atoms with van der Waals surface area (Å²) in [5.74, 6) is 0.978. The van der Waals surface area contributed by atoms with Gasteiger partial charge in [0.2, 0.25) is 0 Å². The fourth-order valence-corrected chi connectivity index (χ4v) is 4.36. The third-order valence-electron chi connectivity index (χ3n) is 6.35. The van der Waals surface area contributed by atoms with E-state index in [1.165, 1.54) is 36.6 Å². The Kier molecular flexibility index (Phi) is 4.94. The molecule has 5 heteroatoms. The molecule has 0 aromatic carbocycles. The Bertz CT molecular complexity index is 846. The van der Waals surface area contributed by atoms with Crippen molar-refractivity contribution in [2.24, 2.45) is 5.41 Å². The van der Waals surface area contributed by atoms with Gasteiger partial charge < -0.3 is 15.2 Å². The Labute approximate surface area is 162 Å². The molecule has 1 aliphatic heterocycles. The van der Waals surface area contributed by atoms with Crippen LogP contribution in [-0.2, 0) is 6.42 Å². The van der Waals surface area contributed by atoms with E-state index in [0.717, 1.165) is 43.1 Å². The molecule has 144 valence electrons. The van der Waals surface area contributed by atoms with Crippen LogP contribution in [0.2, 0.25) is 0 Å². The lowest BCUT2D eigenvalue weighted by atomic mass is 9.94. The maximum absolute atomic E-state index is 4.62. The highest BCUT2D eigenvalue weighted by molar-refractivity contribution is 5.90. The van der Waals surface area contributed by atoms with Gasteiger partial charge in [-0.2, -0.15) is 0 Å². The van der Waals surface area contributed by atoms with Crippen LogP contribution in [-0.4, -0.2) is 39.0 Å². The second-order valence-electron chi connectivity index (χ2n) is 8.21. The molecular weight excluding hydrogens is 334 g/mol. The van der Waals surface area contributed by atoms with E-state index in [9.17, 15) is 0 Å². The smallest absolute Gasteiger partial charge is 0.143 e. The highest BCUT2D eigenvalue weighted by Gasteiger charge is 2.41. The Morgan fingerprint density at radius 3 is 3.04 bits per heavy atom. The standard InChI is InChI=1S/C22H31N5/c1-4-7-16(3)27-11-6-8-18(14-27)26-21-19-17(12-22(5-2)9-10-22)13-23-20(19)24-15-25-21/h4,7,13,15,18H,3,5-6,8-12,14H2,1-2H3,(H2,23,24,25,26)/b7-4+. The first-order valence-corrected chi connectivity index (χ1v) is 10.3. The van der Waals surface area contributed by atoms with Crippen LogP contribution in [0.3, 0.4) is 0 Å². The first-order chi connectivity index (χ1) is 13.1. The number of likely N-dealkylation sites (tertiary alicyclic amines) is 1. The molecule has 0 amide bonds. The Morgan fingerprint density at radius 1 is 1.44 bits per heavy atom. The van der Waals surface area contributed by atoms with Crippen molar-refractivity contribution in [3.05, 3.63) is 42.5 Å². The molecule has 1 aliphatic carbocycles. The summed E-state index contributed by atoms with van der Waals surface area (Å²) in [5.41, 5.74) is 3.91. The minimum Gasteiger partial charge on any atom is -0.370 e. The number of nitrogens with zero attached hydrogens (tertiary/aromatic N) is 3. The van der Waals surface area contributed by atoms with Gasteiger partial charge in [-0.25, -0.2) is 9.97 Å². The molecule has 0 bridgehead atoms. The van der Waals surface area contributed by atoms with Gasteiger partial charge in [0.15, 0.2) is 0 Å². The van der Waals surface area contributed by atoms with Crippen molar-refractivity contribution in [3.63, 3.8) is 0 Å². The molecule has 1 saturated heterocycles. The van der Waals surface area contributed by atoms with Crippen LogP contribution in [0, 0.1) is 5.41 Å². The van der Waals surface area contributed by atoms with Gasteiger partial charge in [0.1, 0.15) is 17.8 Å². The van der Waals surface area contributed by atoms with Crippen LogP contribution in [0.25, 0.3) is 11.0 Å². The molecule has 1 saturated carbocycles. The fraction of sp³-hybridized carbons (Fsp3) is 0.545. The molecule has 4 rings (SSSR count). The van der Waals surface area contributed by atoms with Gasteiger partial charge in [-0.05, 0) is 56.1 Å². The number of allylic oxidation sites excluding steroid dienone is 2. The van der Waals surface area contributed by atoms with Crippen LogP contribution in [0.15, 0.2) is 37.0 Å². The van der Waals surface area contributed by atoms with Gasteiger partial charge >= 0.3 is 0 Å². The van der Waals surface area contributed by atoms with Gasteiger partial charge in [-0.15, -0.1) is 0 Å². The van der Waals surface area contributed by atoms with E-state index in [1.54, 1.807) is 6.33 Å². The number of fused-ring (bicyclic) bond motifs is 1. The lowest BCUT2D eigenvalue weighted by Gasteiger charge is -2.35. The maximum atomic E-state index is 4.62. The van der Waals surface area contributed by atoms with Crippen molar-refractivity contribution in [2.75, 3.05) is 18.4 Å². The largest absolute Gasteiger partial charge is 0.370 e. The number of aromatic nitrogens is 3. The molecule has 3 heterocycles. The lowest BCUT2D eigenvalue weighted by molar-refractivity contribution is 0.277. The van der Waals surface area contributed by atoms with Gasteiger partial charge in [-0.3, -0.25) is 0 Å². The van der Waals surface area contributed by atoms with Crippen molar-refractivity contribution < 1.29 is 0 Å². The number of hydrogen-bond acceptors (Lipinski definition) is 4. The van der Waals surface area contributed by atoms with Crippen LogP contribution in [0.5, 0.6) is 0 Å². The minimum absolute atomic E-state index is 0.377. The molecule has 0 spiro atoms. The number of H-pyrrole nitrogens is 1. The highest BCUT2D eigenvalue weighted by atomic mass is 15.2. The summed E-state index contributed by atoms with van der Waals surface area (Å²) >= 11 is 0. The summed E-state index contributed by atoms with van der Waals surface area (Å²) in [6.07, 6.45) is 15.3. The number of aromatic amines is 1. The maximum Gasteiger partial charge on any atom is 0.143 e. The van der Waals surface area contributed by atoms with Crippen molar-refractivity contribution in [2.45, 2.75) is 58.4 Å². The normalized spacial score (nSPS) is 21.7. The number of piperidine rings is 1. The SMILES string of the molecule is C=C(/C=C/C)N1CCCC(Nc2ncnc3[nH]cc(CC4(CC)CC4)c23)C1. The number of nitrogens with one attached hydrogen (secondary N) is 2. The number of hydrogen-bond donors (Lipinski definition) is 2. The van der Waals surface area contributed by atoms with E-state index < -0.39 is 0 Å². The van der Waals surface area contributed by atoms with E-state index in [1.807, 2.05) is 6.92 Å². The van der Waals surface area contributed by atoms with Crippen molar-refractivity contribution in [1.29, 1.82) is 0 Å². The first-order valence-electron chi connectivity index (χ1n) is 10.3. The molecule has 1 atom stereocenters. The summed E-state index contributed by atoms with van der Waals surface area (Å²) in [5, 5.41) is 4.91. The van der Waals surface area contributed by atoms with Crippen molar-refractivity contribution in [1.82, 2.24) is 19.9 Å². The zero-order chi connectivity index (χ0) is 18.9. The molecule has 5 nitrogen and oxygen atoms in total. The van der Waals surface area contributed by atoms with Gasteiger partial charge in [0, 0.05) is 31.0 Å². The summed E-state index contributed by atoms with van der Waals surface area (Å²) in [7, 11) is 0. The molecule has 2 aromatic rings. The predicted octanol–water partition coefficient (Wildman–Crippen LogP) is 4.66. The van der Waals surface area contributed by atoms with E-state index >= 15 is 0 Å². The molecule has 2 fully saturated rings. The summed E-state index contributed by atoms with van der Waals surface area (Å²) in [6.45, 7) is 10.6. The molecule has 27 heavy (non-hydrogen) atoms. The third kappa shape index (κ3) is 3.73. The van der Waals surface area contributed by atoms with E-state index in [4.69, 9.17) is 0 Å². The minimum atomic E-state index is 0.377. The summed E-state index contributed by atoms with van der Waals surface area (Å²) in [4.78, 5) is 14.8. The zero-order valence-corrected chi connectivity index (χ0v) is 16.6. The van der Waals surface area contributed by atoms with E-state index in [0.29, 0.717) is 11.5 Å². The van der Waals surface area contributed by atoms with Gasteiger partial charge in [0.05, 0.1) is 5.39 Å². The van der Waals surface area contributed by atoms with Crippen molar-refractivity contribution >= 4 is 16.9 Å². The molecule has 2 aliphatic rings. The summed E-state index contributed by atoms with van der Waals surface area (Å²) in [6, 6.07) is 0.377. The monoisotopic (exact) mass is 365 g/mol. The molecule has 2 N–H and O–H groups in total. The van der Waals surface area contributed by atoms with Crippen molar-refractivity contribution in [3.8, 4) is 0 Å². The second kappa shape index (κ2) is 7.37. The Hall–Kier alpha value is -2.30. The van der Waals surface area contributed by atoms with Crippen LogP contribution in [0.1, 0.15) is 51.5 Å². The number of anilines is 1. The highest BCUT2D eigenvalue weighted by Crippen LogP contribution is 2.52. The molecule has 0 radical (unpaired) electrons. The lowest BCUT2D eigenvalue weighted by Crippen LogP contribution is -2.41. The quantitative estimate of drug-likeness (QED) is 0.701. The van der Waals surface area contributed by atoms with E-state index in [-0.39, 0.29) is 0 Å². The average Bonchev–Trinajstić information content (AvgIpc) is 3.34. The van der Waals surface area contributed by atoms with Gasteiger partial charge in [-0.1, -0.05) is 26.0 Å². The van der Waals surface area contributed by atoms with E-state index in [2.05, 4.69) is 57.0 Å². The van der Waals surface area contributed by atoms with Crippen LogP contribution < -0.4 is 5.32 Å². The first kappa shape index (κ1) is 18.1. The topological polar surface area (TPSA) is 56.8 Å². The Balaban J connectivity index is 1.55. The average molecular weight is 366 g/mol. The van der Waals surface area contributed by atoms with Crippen LogP contribution >= 0.6 is 0 Å². The number of rotatable bonds is 7. The third-order valence-corrected chi connectivity index (χ3v) is 6.35. The molecule has 1 unspecified atom stereocenters. The molecular formula is C22H31N5. The van der Waals surface area contributed by atoms with Crippen LogP contribution in [0.4, 0.5) is 5.82 Å². The fourth-order valence-electron chi connectivity index (χ4n) is 4.36. The molecule has 2 aromatic heterocycles. The Morgan fingerprint density at radius 2 is 2.30 bits per heavy atom. The zero-order valence-electron chi connectivity index (χ0n) is 16.6. The van der Waals surface area contributed by atoms with Gasteiger partial charge in [0.25, 0.3) is 0 Å². The second-order valence-corrected chi connectivity index (χ2v) is 8.21.